The predicted molar refractivity (Wildman–Crippen MR) is 103 cm³/mol. The Labute approximate surface area is 158 Å². The molecular weight excluding hydrogens is 364 g/mol. The summed E-state index contributed by atoms with van der Waals surface area (Å²) in [5, 5.41) is 0. The van der Waals surface area contributed by atoms with Gasteiger partial charge in [-0.2, -0.15) is 0 Å². The maximum atomic E-state index is 12.7. The van der Waals surface area contributed by atoms with Crippen LogP contribution in [-0.2, 0) is 16.6 Å². The lowest BCUT2D eigenvalue weighted by Crippen LogP contribution is -2.26. The molecule has 140 valence electrons. The maximum Gasteiger partial charge on any atom is 0.261 e. The molecule has 0 aliphatic heterocycles. The second-order valence-electron chi connectivity index (χ2n) is 6.24. The number of aryl methyl sites for hydroxylation is 1. The lowest BCUT2D eigenvalue weighted by molar-refractivity contribution is 0.0775. The van der Waals surface area contributed by atoms with E-state index < -0.39 is 10.0 Å². The number of furan rings is 1. The Hall–Kier alpha value is -3.06. The summed E-state index contributed by atoms with van der Waals surface area (Å²) in [7, 11) is -2.17. The van der Waals surface area contributed by atoms with E-state index in [0.717, 1.165) is 5.56 Å². The minimum absolute atomic E-state index is 0.0289. The van der Waals surface area contributed by atoms with Gasteiger partial charge in [0, 0.05) is 18.3 Å². The Bertz CT molecular complexity index is 1040. The molecule has 2 aromatic carbocycles. The summed E-state index contributed by atoms with van der Waals surface area (Å²) < 4.78 is 33.1. The van der Waals surface area contributed by atoms with Gasteiger partial charge in [-0.1, -0.05) is 18.2 Å². The van der Waals surface area contributed by atoms with Gasteiger partial charge < -0.3 is 9.32 Å². The van der Waals surface area contributed by atoms with Crippen LogP contribution in [0.1, 0.15) is 21.7 Å². The fraction of sp³-hybridized carbons (Fsp3) is 0.150. The van der Waals surface area contributed by atoms with E-state index in [1.54, 1.807) is 49.5 Å². The summed E-state index contributed by atoms with van der Waals surface area (Å²) >= 11 is 0. The number of amides is 1. The van der Waals surface area contributed by atoms with Gasteiger partial charge in [0.25, 0.3) is 15.9 Å². The first-order valence-electron chi connectivity index (χ1n) is 8.32. The Morgan fingerprint density at radius 2 is 1.85 bits per heavy atom. The van der Waals surface area contributed by atoms with Gasteiger partial charge in [0.2, 0.25) is 0 Å². The van der Waals surface area contributed by atoms with Crippen molar-refractivity contribution < 1.29 is 17.6 Å². The van der Waals surface area contributed by atoms with Crippen LogP contribution in [0.2, 0.25) is 0 Å². The van der Waals surface area contributed by atoms with Crippen molar-refractivity contribution in [1.29, 1.82) is 0 Å². The minimum atomic E-state index is -3.80. The Kier molecular flexibility index (Phi) is 5.32. The Morgan fingerprint density at radius 3 is 2.56 bits per heavy atom. The zero-order valence-corrected chi connectivity index (χ0v) is 15.9. The first kappa shape index (κ1) is 18.7. The fourth-order valence-electron chi connectivity index (χ4n) is 2.65. The fourth-order valence-corrected chi connectivity index (χ4v) is 3.74. The average molecular weight is 384 g/mol. The molecule has 0 bridgehead atoms. The van der Waals surface area contributed by atoms with Crippen LogP contribution in [0, 0.1) is 6.92 Å². The molecule has 0 saturated carbocycles. The smallest absolute Gasteiger partial charge is 0.261 e. The monoisotopic (exact) mass is 384 g/mol. The van der Waals surface area contributed by atoms with Gasteiger partial charge >= 0.3 is 0 Å². The average Bonchev–Trinajstić information content (AvgIpc) is 3.14. The second kappa shape index (κ2) is 7.67. The summed E-state index contributed by atoms with van der Waals surface area (Å²) in [6.45, 7) is 2.18. The van der Waals surface area contributed by atoms with Gasteiger partial charge in [-0.25, -0.2) is 8.42 Å². The van der Waals surface area contributed by atoms with Gasteiger partial charge in [0.1, 0.15) is 5.76 Å². The Balaban J connectivity index is 1.80. The van der Waals surface area contributed by atoms with Crippen LogP contribution >= 0.6 is 0 Å². The lowest BCUT2D eigenvalue weighted by Gasteiger charge is -2.16. The molecule has 1 heterocycles. The third-order valence-corrected chi connectivity index (χ3v) is 5.36. The molecule has 0 spiro atoms. The normalized spacial score (nSPS) is 11.2. The lowest BCUT2D eigenvalue weighted by atomic mass is 10.2. The van der Waals surface area contributed by atoms with Crippen LogP contribution in [0.5, 0.6) is 0 Å². The minimum Gasteiger partial charge on any atom is -0.467 e. The molecule has 27 heavy (non-hydrogen) atoms. The van der Waals surface area contributed by atoms with E-state index in [1.807, 2.05) is 13.0 Å². The van der Waals surface area contributed by atoms with E-state index >= 15 is 0 Å². The third-order valence-electron chi connectivity index (χ3n) is 3.98. The number of sulfonamides is 1. The summed E-state index contributed by atoms with van der Waals surface area (Å²) in [4.78, 5) is 14.1. The number of rotatable bonds is 6. The predicted octanol–water partition coefficient (Wildman–Crippen LogP) is 3.66. The van der Waals surface area contributed by atoms with Crippen molar-refractivity contribution in [2.75, 3.05) is 11.8 Å². The summed E-state index contributed by atoms with van der Waals surface area (Å²) in [6, 6.07) is 16.6. The highest BCUT2D eigenvalue weighted by molar-refractivity contribution is 7.92. The number of hydrogen-bond donors (Lipinski definition) is 1. The summed E-state index contributed by atoms with van der Waals surface area (Å²) in [6.07, 6.45) is 1.54. The third kappa shape index (κ3) is 4.57. The van der Waals surface area contributed by atoms with Crippen LogP contribution in [0.25, 0.3) is 0 Å². The van der Waals surface area contributed by atoms with Crippen LogP contribution in [0.4, 0.5) is 5.69 Å². The molecule has 1 N–H and O–H groups in total. The molecule has 0 aliphatic carbocycles. The molecule has 6 nitrogen and oxygen atoms in total. The molecule has 3 rings (SSSR count). The van der Waals surface area contributed by atoms with Gasteiger partial charge in [-0.15, -0.1) is 0 Å². The molecule has 0 fully saturated rings. The second-order valence-corrected chi connectivity index (χ2v) is 7.93. The van der Waals surface area contributed by atoms with E-state index in [1.165, 1.54) is 23.3 Å². The quantitative estimate of drug-likeness (QED) is 0.703. The highest BCUT2D eigenvalue weighted by atomic mass is 32.2. The molecule has 0 aliphatic rings. The highest BCUT2D eigenvalue weighted by Crippen LogP contribution is 2.19. The molecule has 0 atom stereocenters. The van der Waals surface area contributed by atoms with Crippen LogP contribution in [-0.4, -0.2) is 26.3 Å². The zero-order valence-electron chi connectivity index (χ0n) is 15.0. The van der Waals surface area contributed by atoms with E-state index in [2.05, 4.69) is 4.72 Å². The van der Waals surface area contributed by atoms with Gasteiger partial charge in [0.15, 0.2) is 0 Å². The molecule has 7 heteroatoms. The summed E-state index contributed by atoms with van der Waals surface area (Å²) in [5.41, 5.74) is 1.71. The number of carbonyl (C=O) groups is 1. The van der Waals surface area contributed by atoms with Crippen molar-refractivity contribution in [3.63, 3.8) is 0 Å². The topological polar surface area (TPSA) is 79.6 Å². The molecule has 1 aromatic heterocycles. The number of carbonyl (C=O) groups excluding carboxylic acids is 1. The SMILES string of the molecule is Cc1cccc(NS(=O)(=O)c2cccc(C(=O)N(C)Cc3ccco3)c2)c1. The van der Waals surface area contributed by atoms with Gasteiger partial charge in [-0.3, -0.25) is 9.52 Å². The van der Waals surface area contributed by atoms with Crippen LogP contribution in [0.15, 0.2) is 76.2 Å². The molecule has 3 aromatic rings. The Morgan fingerprint density at radius 1 is 1.07 bits per heavy atom. The van der Waals surface area contributed by atoms with Crippen molar-refractivity contribution in [2.24, 2.45) is 0 Å². The van der Waals surface area contributed by atoms with Gasteiger partial charge in [-0.05, 0) is 55.0 Å². The number of nitrogens with one attached hydrogen (secondary N) is 1. The van der Waals surface area contributed by atoms with Crippen molar-refractivity contribution in [3.8, 4) is 0 Å². The molecular formula is C20H20N2O4S. The van der Waals surface area contributed by atoms with Crippen LogP contribution in [0.3, 0.4) is 0 Å². The van der Waals surface area contributed by atoms with Gasteiger partial charge in [0.05, 0.1) is 17.7 Å². The number of benzene rings is 2. The molecule has 0 saturated heterocycles. The standard InChI is InChI=1S/C20H20N2O4S/c1-15-6-3-8-17(12-15)21-27(24,25)19-10-4-7-16(13-19)20(23)22(2)14-18-9-5-11-26-18/h3-13,21H,14H2,1-2H3. The van der Waals surface area contributed by atoms with E-state index in [4.69, 9.17) is 4.42 Å². The zero-order chi connectivity index (χ0) is 19.4. The summed E-state index contributed by atoms with van der Waals surface area (Å²) in [5.74, 6) is 0.356. The van der Waals surface area contributed by atoms with Crippen molar-refractivity contribution in [1.82, 2.24) is 4.90 Å². The number of anilines is 1. The highest BCUT2D eigenvalue weighted by Gasteiger charge is 2.19. The number of nitrogens with zero attached hydrogens (tertiary/aromatic N) is 1. The van der Waals surface area contributed by atoms with Crippen molar-refractivity contribution in [2.45, 2.75) is 18.4 Å². The van der Waals surface area contributed by atoms with E-state index in [-0.39, 0.29) is 16.4 Å². The molecule has 0 radical (unpaired) electrons. The van der Waals surface area contributed by atoms with Crippen molar-refractivity contribution >= 4 is 21.6 Å². The van der Waals surface area contributed by atoms with Crippen molar-refractivity contribution in [3.05, 3.63) is 83.8 Å². The van der Waals surface area contributed by atoms with Crippen LogP contribution < -0.4 is 4.72 Å². The first-order chi connectivity index (χ1) is 12.8. The molecule has 1 amide bonds. The first-order valence-corrected chi connectivity index (χ1v) is 9.81. The van der Waals surface area contributed by atoms with E-state index in [9.17, 15) is 13.2 Å². The number of hydrogen-bond acceptors (Lipinski definition) is 4. The largest absolute Gasteiger partial charge is 0.467 e. The molecule has 0 unspecified atom stereocenters. The maximum absolute atomic E-state index is 12.7. The van der Waals surface area contributed by atoms with E-state index in [0.29, 0.717) is 18.0 Å².